The van der Waals surface area contributed by atoms with Crippen LogP contribution in [0.5, 0.6) is 0 Å². The first kappa shape index (κ1) is 17.8. The lowest BCUT2D eigenvalue weighted by Crippen LogP contribution is -2.45. The predicted molar refractivity (Wildman–Crippen MR) is 104 cm³/mol. The SMILES string of the molecule is COCCN1C[C@@H]2CC[C@H]1CN(C(=O)c1[nH]c3ccc(Cl)cc3c1C)C2. The lowest BCUT2D eigenvalue weighted by molar-refractivity contribution is 0.0713. The van der Waals surface area contributed by atoms with Crippen LogP contribution in [0.25, 0.3) is 10.9 Å². The van der Waals surface area contributed by atoms with Crippen molar-refractivity contribution in [3.63, 3.8) is 0 Å². The highest BCUT2D eigenvalue weighted by molar-refractivity contribution is 6.31. The van der Waals surface area contributed by atoms with Crippen LogP contribution < -0.4 is 0 Å². The normalized spacial score (nSPS) is 23.6. The van der Waals surface area contributed by atoms with Crippen LogP contribution in [-0.2, 0) is 4.74 Å². The smallest absolute Gasteiger partial charge is 0.270 e. The Kier molecular flexibility index (Phi) is 4.95. The first-order chi connectivity index (χ1) is 12.6. The quantitative estimate of drug-likeness (QED) is 0.891. The molecule has 3 saturated heterocycles. The lowest BCUT2D eigenvalue weighted by atomic mass is 9.95. The molecule has 4 heterocycles. The molecule has 140 valence electrons. The minimum Gasteiger partial charge on any atom is -0.383 e. The first-order valence-electron chi connectivity index (χ1n) is 9.37. The summed E-state index contributed by atoms with van der Waals surface area (Å²) in [5.41, 5.74) is 2.65. The molecule has 26 heavy (non-hydrogen) atoms. The third-order valence-electron chi connectivity index (χ3n) is 5.93. The second-order valence-corrected chi connectivity index (χ2v) is 8.05. The monoisotopic (exact) mass is 375 g/mol. The average molecular weight is 376 g/mol. The molecule has 1 aromatic heterocycles. The number of benzene rings is 1. The number of methoxy groups -OCH3 is 1. The third kappa shape index (κ3) is 3.24. The van der Waals surface area contributed by atoms with Crippen LogP contribution in [0.15, 0.2) is 18.2 Å². The van der Waals surface area contributed by atoms with E-state index in [4.69, 9.17) is 16.3 Å². The molecular formula is C20H26ClN3O2. The number of hydrogen-bond acceptors (Lipinski definition) is 3. The van der Waals surface area contributed by atoms with Gasteiger partial charge in [0, 0.05) is 55.3 Å². The number of aromatic amines is 1. The Balaban J connectivity index is 1.58. The summed E-state index contributed by atoms with van der Waals surface area (Å²) in [6.07, 6.45) is 2.37. The van der Waals surface area contributed by atoms with Gasteiger partial charge >= 0.3 is 0 Å². The third-order valence-corrected chi connectivity index (χ3v) is 6.17. The van der Waals surface area contributed by atoms with Gasteiger partial charge in [-0.25, -0.2) is 0 Å². The van der Waals surface area contributed by atoms with Gasteiger partial charge in [-0.2, -0.15) is 0 Å². The summed E-state index contributed by atoms with van der Waals surface area (Å²) in [6.45, 7) is 6.41. The second kappa shape index (κ2) is 7.22. The van der Waals surface area contributed by atoms with Crippen LogP contribution in [-0.4, -0.2) is 66.6 Å². The number of H-pyrrole nitrogens is 1. The predicted octanol–water partition coefficient (Wildman–Crippen LogP) is 3.31. The molecule has 2 bridgehead atoms. The van der Waals surface area contributed by atoms with Gasteiger partial charge in [-0.3, -0.25) is 9.69 Å². The van der Waals surface area contributed by atoms with Crippen LogP contribution >= 0.6 is 11.6 Å². The van der Waals surface area contributed by atoms with Crippen molar-refractivity contribution in [2.24, 2.45) is 5.92 Å². The van der Waals surface area contributed by atoms with Gasteiger partial charge in [0.05, 0.1) is 6.61 Å². The largest absolute Gasteiger partial charge is 0.383 e. The number of nitrogens with one attached hydrogen (secondary N) is 1. The van der Waals surface area contributed by atoms with E-state index < -0.39 is 0 Å². The molecular weight excluding hydrogens is 350 g/mol. The van der Waals surface area contributed by atoms with E-state index >= 15 is 0 Å². The molecule has 5 nitrogen and oxygen atoms in total. The van der Waals surface area contributed by atoms with Crippen molar-refractivity contribution in [3.05, 3.63) is 34.5 Å². The Morgan fingerprint density at radius 1 is 1.31 bits per heavy atom. The van der Waals surface area contributed by atoms with E-state index in [9.17, 15) is 4.79 Å². The number of ether oxygens (including phenoxy) is 1. The molecule has 3 aliphatic rings. The zero-order valence-electron chi connectivity index (χ0n) is 15.4. The zero-order valence-corrected chi connectivity index (χ0v) is 16.2. The molecule has 2 aromatic rings. The summed E-state index contributed by atoms with van der Waals surface area (Å²) < 4.78 is 5.26. The van der Waals surface area contributed by atoms with Crippen molar-refractivity contribution in [2.75, 3.05) is 39.9 Å². The van der Waals surface area contributed by atoms with Crippen LogP contribution in [0.2, 0.25) is 5.02 Å². The minimum atomic E-state index is 0.111. The highest BCUT2D eigenvalue weighted by Crippen LogP contribution is 2.30. The maximum Gasteiger partial charge on any atom is 0.270 e. The molecule has 1 amide bonds. The Hall–Kier alpha value is -1.56. The maximum absolute atomic E-state index is 13.3. The van der Waals surface area contributed by atoms with Gasteiger partial charge in [-0.15, -0.1) is 0 Å². The molecule has 6 heteroatoms. The Morgan fingerprint density at radius 2 is 2.15 bits per heavy atom. The number of carbonyl (C=O) groups excluding carboxylic acids is 1. The summed E-state index contributed by atoms with van der Waals surface area (Å²) >= 11 is 6.13. The minimum absolute atomic E-state index is 0.111. The molecule has 1 N–H and O–H groups in total. The van der Waals surface area contributed by atoms with Gasteiger partial charge in [0.1, 0.15) is 5.69 Å². The molecule has 0 radical (unpaired) electrons. The summed E-state index contributed by atoms with van der Waals surface area (Å²) in [7, 11) is 1.75. The van der Waals surface area contributed by atoms with Crippen LogP contribution in [0, 0.1) is 12.8 Å². The standard InChI is InChI=1S/C20H26ClN3O2/c1-13-17-9-15(21)4-6-18(17)22-19(13)20(25)24-11-14-3-5-16(12-24)23(10-14)7-8-26-2/h4,6,9,14,16,22H,3,5,7-8,10-12H2,1-2H3/t14-,16-/m0/s1. The Labute approximate surface area is 159 Å². The molecule has 5 rings (SSSR count). The van der Waals surface area contributed by atoms with Gasteiger partial charge in [-0.05, 0) is 49.4 Å². The molecule has 3 fully saturated rings. The first-order valence-corrected chi connectivity index (χ1v) is 9.74. The fourth-order valence-electron chi connectivity index (χ4n) is 4.50. The number of aryl methyl sites for hydroxylation is 1. The number of fused-ring (bicyclic) bond motifs is 5. The number of aromatic nitrogens is 1. The highest BCUT2D eigenvalue weighted by Gasteiger charge is 2.37. The lowest BCUT2D eigenvalue weighted by Gasteiger charge is -2.35. The van der Waals surface area contributed by atoms with E-state index in [1.165, 1.54) is 12.8 Å². The van der Waals surface area contributed by atoms with Crippen LogP contribution in [0.4, 0.5) is 0 Å². The number of nitrogens with zero attached hydrogens (tertiary/aromatic N) is 2. The molecule has 0 spiro atoms. The molecule has 0 saturated carbocycles. The van der Waals surface area contributed by atoms with Crippen molar-refractivity contribution in [1.29, 1.82) is 0 Å². The molecule has 2 atom stereocenters. The van der Waals surface area contributed by atoms with E-state index in [-0.39, 0.29) is 5.91 Å². The zero-order chi connectivity index (χ0) is 18.3. The van der Waals surface area contributed by atoms with Crippen molar-refractivity contribution >= 4 is 28.4 Å². The average Bonchev–Trinajstić information content (AvgIpc) is 2.80. The maximum atomic E-state index is 13.3. The summed E-state index contributed by atoms with van der Waals surface area (Å²) in [4.78, 5) is 21.2. The van der Waals surface area contributed by atoms with E-state index in [1.807, 2.05) is 25.1 Å². The number of carbonyl (C=O) groups is 1. The van der Waals surface area contributed by atoms with Gasteiger partial charge in [0.25, 0.3) is 5.91 Å². The Bertz CT molecular complexity index is 819. The highest BCUT2D eigenvalue weighted by atomic mass is 35.5. The number of halogens is 1. The number of piperidine rings is 1. The molecule has 3 aliphatic heterocycles. The fraction of sp³-hybridized carbons (Fsp3) is 0.550. The fourth-order valence-corrected chi connectivity index (χ4v) is 4.67. The molecule has 1 aromatic carbocycles. The number of amides is 1. The van der Waals surface area contributed by atoms with Crippen molar-refractivity contribution in [2.45, 2.75) is 25.8 Å². The van der Waals surface area contributed by atoms with Crippen LogP contribution in [0.3, 0.4) is 0 Å². The molecule has 0 unspecified atom stereocenters. The van der Waals surface area contributed by atoms with E-state index in [0.29, 0.717) is 22.7 Å². The van der Waals surface area contributed by atoms with Crippen molar-refractivity contribution in [1.82, 2.24) is 14.8 Å². The van der Waals surface area contributed by atoms with Gasteiger partial charge in [-0.1, -0.05) is 11.6 Å². The number of rotatable bonds is 4. The molecule has 0 aliphatic carbocycles. The summed E-state index contributed by atoms with van der Waals surface area (Å²) in [6, 6.07) is 6.17. The van der Waals surface area contributed by atoms with Gasteiger partial charge in [0.2, 0.25) is 0 Å². The van der Waals surface area contributed by atoms with Gasteiger partial charge in [0.15, 0.2) is 0 Å². The number of hydrogen-bond donors (Lipinski definition) is 1. The summed E-state index contributed by atoms with van der Waals surface area (Å²) in [5, 5.41) is 1.72. The summed E-state index contributed by atoms with van der Waals surface area (Å²) in [5.74, 6) is 0.661. The topological polar surface area (TPSA) is 48.6 Å². The van der Waals surface area contributed by atoms with Crippen molar-refractivity contribution < 1.29 is 9.53 Å². The van der Waals surface area contributed by atoms with Crippen molar-refractivity contribution in [3.8, 4) is 0 Å². The second-order valence-electron chi connectivity index (χ2n) is 7.61. The van der Waals surface area contributed by atoms with E-state index in [1.54, 1.807) is 7.11 Å². The Morgan fingerprint density at radius 3 is 2.96 bits per heavy atom. The van der Waals surface area contributed by atoms with Crippen LogP contribution in [0.1, 0.15) is 28.9 Å². The van der Waals surface area contributed by atoms with E-state index in [0.717, 1.165) is 49.3 Å². The van der Waals surface area contributed by atoms with E-state index in [2.05, 4.69) is 14.8 Å². The van der Waals surface area contributed by atoms with Gasteiger partial charge < -0.3 is 14.6 Å².